The van der Waals surface area contributed by atoms with Crippen molar-refractivity contribution < 1.29 is 23.8 Å². The van der Waals surface area contributed by atoms with Crippen LogP contribution < -0.4 is 25.7 Å². The highest BCUT2D eigenvalue weighted by molar-refractivity contribution is 6.18. The third-order valence-corrected chi connectivity index (χ3v) is 7.50. The van der Waals surface area contributed by atoms with Crippen molar-refractivity contribution in [3.05, 3.63) is 98.8 Å². The van der Waals surface area contributed by atoms with Gasteiger partial charge in [0.2, 0.25) is 11.8 Å². The van der Waals surface area contributed by atoms with E-state index in [1.54, 1.807) is 41.7 Å². The maximum Gasteiger partial charge on any atom is 0.340 e. The molecule has 2 N–H and O–H groups in total. The average molecular weight is 530 g/mol. The minimum Gasteiger partial charge on any atom is -0.496 e. The van der Waals surface area contributed by atoms with E-state index in [1.165, 1.54) is 7.11 Å². The van der Waals surface area contributed by atoms with Gasteiger partial charge in [-0.25, -0.2) is 4.79 Å². The average Bonchev–Trinajstić information content (AvgIpc) is 3.17. The Labute approximate surface area is 226 Å². The van der Waals surface area contributed by atoms with Gasteiger partial charge in [-0.05, 0) is 25.5 Å². The molecule has 2 aliphatic heterocycles. The summed E-state index contributed by atoms with van der Waals surface area (Å²) in [6.45, 7) is 4.41. The first-order chi connectivity index (χ1) is 18.8. The number of esters is 1. The van der Waals surface area contributed by atoms with Crippen LogP contribution in [0, 0.1) is 6.92 Å². The number of hydrogen-bond acceptors (Lipinski definition) is 7. The maximum atomic E-state index is 14.6. The molecule has 0 saturated heterocycles. The van der Waals surface area contributed by atoms with Crippen LogP contribution >= 0.6 is 0 Å². The molecule has 2 aromatic carbocycles. The van der Waals surface area contributed by atoms with Crippen LogP contribution in [0.2, 0.25) is 0 Å². The number of fused-ring (bicyclic) bond motifs is 4. The second-order valence-corrected chi connectivity index (χ2v) is 9.64. The fourth-order valence-corrected chi connectivity index (χ4v) is 5.68. The zero-order valence-electron chi connectivity index (χ0n) is 22.4. The fraction of sp³-hybridized carbons (Fsp3) is 0.300. The third-order valence-electron chi connectivity index (χ3n) is 7.50. The molecule has 5 rings (SSSR count). The summed E-state index contributed by atoms with van der Waals surface area (Å²) in [6.07, 6.45) is 1.59. The standard InChI is InChI=1S/C30H31N3O6/c1-5-6-15-32-21-13-9-8-12-20(21)30(29(32)36)24-23(39-26(31)25(30)28(35)38-4)16-18(2)33(27(24)34)17-19-11-7-10-14-22(19)37-3/h7-14,16H,5-6,15,17,31H2,1-4H3. The highest BCUT2D eigenvalue weighted by Gasteiger charge is 2.62. The van der Waals surface area contributed by atoms with Gasteiger partial charge < -0.3 is 29.4 Å². The van der Waals surface area contributed by atoms with Crippen molar-refractivity contribution in [1.29, 1.82) is 0 Å². The summed E-state index contributed by atoms with van der Waals surface area (Å²) in [5, 5.41) is 0. The van der Waals surface area contributed by atoms with E-state index < -0.39 is 22.9 Å². The normalized spacial score (nSPS) is 17.6. The Kier molecular flexibility index (Phi) is 6.68. The summed E-state index contributed by atoms with van der Waals surface area (Å²) in [4.78, 5) is 44.0. The van der Waals surface area contributed by atoms with E-state index in [0.717, 1.165) is 18.4 Å². The van der Waals surface area contributed by atoms with E-state index >= 15 is 0 Å². The molecule has 1 aromatic heterocycles. The number of benzene rings is 2. The van der Waals surface area contributed by atoms with Crippen LogP contribution in [0.4, 0.5) is 5.69 Å². The molecule has 1 amide bonds. The van der Waals surface area contributed by atoms with E-state index in [4.69, 9.17) is 19.9 Å². The van der Waals surface area contributed by atoms with Crippen LogP contribution in [0.1, 0.15) is 42.1 Å². The van der Waals surface area contributed by atoms with Crippen LogP contribution in [-0.2, 0) is 26.3 Å². The largest absolute Gasteiger partial charge is 0.496 e. The summed E-state index contributed by atoms with van der Waals surface area (Å²) < 4.78 is 18.1. The lowest BCUT2D eigenvalue weighted by Crippen LogP contribution is -2.52. The predicted molar refractivity (Wildman–Crippen MR) is 146 cm³/mol. The van der Waals surface area contributed by atoms with Crippen molar-refractivity contribution in [2.24, 2.45) is 5.73 Å². The van der Waals surface area contributed by atoms with E-state index in [1.807, 2.05) is 43.3 Å². The Morgan fingerprint density at radius 1 is 1.08 bits per heavy atom. The SMILES string of the molecule is CCCCN1C(=O)C2(C(C(=O)OC)=C(N)Oc3cc(C)n(Cc4ccccc4OC)c(=O)c32)c2ccccc21. The van der Waals surface area contributed by atoms with Gasteiger partial charge in [-0.1, -0.05) is 49.7 Å². The molecule has 1 spiro atoms. The van der Waals surface area contributed by atoms with Crippen molar-refractivity contribution in [1.82, 2.24) is 4.57 Å². The number of aromatic nitrogens is 1. The summed E-state index contributed by atoms with van der Waals surface area (Å²) in [6, 6.07) is 16.3. The van der Waals surface area contributed by atoms with Gasteiger partial charge in [0, 0.05) is 35.1 Å². The first kappa shape index (κ1) is 26.1. The minimum absolute atomic E-state index is 0.0362. The minimum atomic E-state index is -1.83. The second-order valence-electron chi connectivity index (χ2n) is 9.64. The summed E-state index contributed by atoms with van der Waals surface area (Å²) in [7, 11) is 2.78. The number of nitrogens with zero attached hydrogens (tertiary/aromatic N) is 2. The Hall–Kier alpha value is -4.53. The number of rotatable bonds is 7. The summed E-state index contributed by atoms with van der Waals surface area (Å²) in [5.41, 5.74) is 6.37. The third kappa shape index (κ3) is 3.79. The van der Waals surface area contributed by atoms with Crippen LogP contribution in [0.3, 0.4) is 0 Å². The first-order valence-corrected chi connectivity index (χ1v) is 12.9. The van der Waals surface area contributed by atoms with Gasteiger partial charge in [-0.15, -0.1) is 0 Å². The molecule has 0 saturated carbocycles. The lowest BCUT2D eigenvalue weighted by Gasteiger charge is -2.36. The van der Waals surface area contributed by atoms with Gasteiger partial charge in [-0.2, -0.15) is 0 Å². The number of anilines is 1. The van der Waals surface area contributed by atoms with Crippen molar-refractivity contribution in [2.45, 2.75) is 38.6 Å². The number of pyridine rings is 1. The Bertz CT molecular complexity index is 1570. The molecule has 1 unspecified atom stereocenters. The molecule has 2 aliphatic rings. The van der Waals surface area contributed by atoms with Crippen LogP contribution in [0.15, 0.2) is 70.8 Å². The molecule has 1 atom stereocenters. The smallest absolute Gasteiger partial charge is 0.340 e. The number of unbranched alkanes of at least 4 members (excludes halogenated alkanes) is 1. The molecule has 39 heavy (non-hydrogen) atoms. The number of carbonyl (C=O) groups excluding carboxylic acids is 2. The monoisotopic (exact) mass is 529 g/mol. The van der Waals surface area contributed by atoms with Gasteiger partial charge >= 0.3 is 5.97 Å². The molecule has 0 fully saturated rings. The van der Waals surface area contributed by atoms with E-state index in [9.17, 15) is 14.4 Å². The van der Waals surface area contributed by atoms with Crippen LogP contribution in [0.25, 0.3) is 0 Å². The zero-order chi connectivity index (χ0) is 27.9. The fourth-order valence-electron chi connectivity index (χ4n) is 5.68. The van der Waals surface area contributed by atoms with Crippen molar-refractivity contribution in [2.75, 3.05) is 25.7 Å². The number of ether oxygens (including phenoxy) is 3. The first-order valence-electron chi connectivity index (χ1n) is 12.9. The molecule has 3 aromatic rings. The molecular weight excluding hydrogens is 498 g/mol. The summed E-state index contributed by atoms with van der Waals surface area (Å²) >= 11 is 0. The highest BCUT2D eigenvalue weighted by Crippen LogP contribution is 2.54. The number of carbonyl (C=O) groups is 2. The lowest BCUT2D eigenvalue weighted by molar-refractivity contribution is -0.138. The van der Waals surface area contributed by atoms with Gasteiger partial charge in [-0.3, -0.25) is 9.59 Å². The molecule has 3 heterocycles. The molecule has 0 radical (unpaired) electrons. The number of nitrogens with two attached hydrogens (primary N) is 1. The van der Waals surface area contributed by atoms with Crippen LogP contribution in [0.5, 0.6) is 11.5 Å². The van der Waals surface area contributed by atoms with Gasteiger partial charge in [0.1, 0.15) is 22.5 Å². The number of methoxy groups -OCH3 is 2. The molecular formula is C30H31N3O6. The number of para-hydroxylation sites is 2. The van der Waals surface area contributed by atoms with E-state index in [2.05, 4.69) is 0 Å². The molecule has 0 aliphatic carbocycles. The Balaban J connectivity index is 1.84. The van der Waals surface area contributed by atoms with E-state index in [0.29, 0.717) is 29.2 Å². The highest BCUT2D eigenvalue weighted by atomic mass is 16.5. The quantitative estimate of drug-likeness (QED) is 0.467. The Morgan fingerprint density at radius 3 is 2.51 bits per heavy atom. The topological polar surface area (TPSA) is 113 Å². The molecule has 9 heteroatoms. The van der Waals surface area contributed by atoms with Gasteiger partial charge in [0.25, 0.3) is 5.56 Å². The number of amides is 1. The Morgan fingerprint density at radius 2 is 1.79 bits per heavy atom. The van der Waals surface area contributed by atoms with Gasteiger partial charge in [0.05, 0.1) is 26.3 Å². The lowest BCUT2D eigenvalue weighted by atomic mass is 9.68. The van der Waals surface area contributed by atoms with Crippen molar-refractivity contribution >= 4 is 17.6 Å². The van der Waals surface area contributed by atoms with Crippen molar-refractivity contribution in [3.8, 4) is 11.5 Å². The van der Waals surface area contributed by atoms with Crippen molar-refractivity contribution in [3.63, 3.8) is 0 Å². The number of hydrogen-bond donors (Lipinski definition) is 1. The van der Waals surface area contributed by atoms with Crippen LogP contribution in [-0.4, -0.2) is 37.2 Å². The zero-order valence-corrected chi connectivity index (χ0v) is 22.4. The summed E-state index contributed by atoms with van der Waals surface area (Å²) in [5.74, 6) is -0.778. The van der Waals surface area contributed by atoms with Gasteiger partial charge in [0.15, 0.2) is 0 Å². The molecule has 202 valence electrons. The maximum absolute atomic E-state index is 14.6. The molecule has 9 nitrogen and oxygen atoms in total. The molecule has 0 bridgehead atoms. The second kappa shape index (κ2) is 9.98. The van der Waals surface area contributed by atoms with E-state index in [-0.39, 0.29) is 29.3 Å². The number of aryl methyl sites for hydroxylation is 1. The predicted octanol–water partition coefficient (Wildman–Crippen LogP) is 3.38.